The van der Waals surface area contributed by atoms with Crippen LogP contribution >= 0.6 is 11.8 Å². The molecular formula is C12H23N3O2S. The number of rotatable bonds is 4. The van der Waals surface area contributed by atoms with Gasteiger partial charge in [-0.3, -0.25) is 4.79 Å². The number of hydrogen-bond donors (Lipinski definition) is 2. The third-order valence-electron chi connectivity index (χ3n) is 3.88. The van der Waals surface area contributed by atoms with Crippen molar-refractivity contribution in [3.05, 3.63) is 0 Å². The molecule has 1 fully saturated rings. The molecule has 6 heteroatoms. The van der Waals surface area contributed by atoms with Gasteiger partial charge in [-0.1, -0.05) is 19.0 Å². The molecule has 1 heterocycles. The molecule has 0 bridgehead atoms. The zero-order chi connectivity index (χ0) is 13.8. The van der Waals surface area contributed by atoms with Crippen molar-refractivity contribution in [3.8, 4) is 0 Å². The van der Waals surface area contributed by atoms with Crippen molar-refractivity contribution in [2.75, 3.05) is 19.3 Å². The predicted octanol–water partition coefficient (Wildman–Crippen LogP) is 1.50. The highest BCUT2D eigenvalue weighted by molar-refractivity contribution is 8.00. The highest BCUT2D eigenvalue weighted by atomic mass is 32.2. The van der Waals surface area contributed by atoms with Crippen LogP contribution in [-0.2, 0) is 4.79 Å². The van der Waals surface area contributed by atoms with Gasteiger partial charge in [-0.15, -0.1) is 0 Å². The number of thioether (sulfide) groups is 1. The van der Waals surface area contributed by atoms with Crippen molar-refractivity contribution in [1.29, 1.82) is 0 Å². The highest BCUT2D eigenvalue weighted by Gasteiger charge is 2.39. The van der Waals surface area contributed by atoms with Gasteiger partial charge in [0, 0.05) is 19.0 Å². The zero-order valence-corrected chi connectivity index (χ0v) is 12.2. The van der Waals surface area contributed by atoms with Crippen molar-refractivity contribution in [3.63, 3.8) is 0 Å². The molecule has 18 heavy (non-hydrogen) atoms. The van der Waals surface area contributed by atoms with E-state index < -0.39 is 0 Å². The van der Waals surface area contributed by atoms with Crippen LogP contribution in [0.3, 0.4) is 0 Å². The van der Waals surface area contributed by atoms with Gasteiger partial charge in [0.2, 0.25) is 5.91 Å². The van der Waals surface area contributed by atoms with Gasteiger partial charge in [-0.2, -0.15) is 11.8 Å². The number of hydrogen-bond acceptors (Lipinski definition) is 4. The summed E-state index contributed by atoms with van der Waals surface area (Å²) in [5, 5.41) is 12.0. The van der Waals surface area contributed by atoms with Crippen LogP contribution < -0.4 is 5.73 Å². The molecule has 0 aromatic rings. The first kappa shape index (κ1) is 15.1. The highest BCUT2D eigenvalue weighted by Crippen LogP contribution is 2.35. The number of amides is 1. The number of carbonyl (C=O) groups excluding carboxylic acids is 1. The van der Waals surface area contributed by atoms with Crippen LogP contribution in [0.25, 0.3) is 0 Å². The number of nitrogens with zero attached hydrogens (tertiary/aromatic N) is 2. The molecule has 5 nitrogen and oxygen atoms in total. The third kappa shape index (κ3) is 2.91. The number of nitrogens with two attached hydrogens (primary N) is 1. The molecule has 0 spiro atoms. The first-order chi connectivity index (χ1) is 8.50. The zero-order valence-electron chi connectivity index (χ0n) is 11.3. The summed E-state index contributed by atoms with van der Waals surface area (Å²) >= 11 is 1.60. The van der Waals surface area contributed by atoms with E-state index in [1.54, 1.807) is 11.8 Å². The van der Waals surface area contributed by atoms with Gasteiger partial charge in [-0.25, -0.2) is 0 Å². The van der Waals surface area contributed by atoms with Crippen LogP contribution in [0.1, 0.15) is 33.1 Å². The number of amidine groups is 1. The molecule has 1 aliphatic heterocycles. The molecule has 1 saturated heterocycles. The van der Waals surface area contributed by atoms with Gasteiger partial charge in [0.05, 0.1) is 4.75 Å². The Bertz CT molecular complexity index is 325. The quantitative estimate of drug-likeness (QED) is 0.352. The molecule has 1 amide bonds. The average Bonchev–Trinajstić information content (AvgIpc) is 2.44. The Balaban J connectivity index is 2.67. The van der Waals surface area contributed by atoms with Crippen molar-refractivity contribution in [1.82, 2.24) is 4.90 Å². The van der Waals surface area contributed by atoms with Crippen LogP contribution in [0, 0.1) is 5.92 Å². The smallest absolute Gasteiger partial charge is 0.225 e. The van der Waals surface area contributed by atoms with Gasteiger partial charge < -0.3 is 15.8 Å². The van der Waals surface area contributed by atoms with E-state index in [4.69, 9.17) is 10.9 Å². The molecule has 0 radical (unpaired) electrons. The Morgan fingerprint density at radius 2 is 2.11 bits per heavy atom. The molecule has 0 aromatic heterocycles. The first-order valence-corrected chi connectivity index (χ1v) is 7.55. The van der Waals surface area contributed by atoms with E-state index in [1.807, 2.05) is 25.0 Å². The molecule has 1 atom stereocenters. The van der Waals surface area contributed by atoms with Crippen molar-refractivity contribution in [2.45, 2.75) is 37.9 Å². The second kappa shape index (κ2) is 6.31. The van der Waals surface area contributed by atoms with Crippen molar-refractivity contribution in [2.24, 2.45) is 16.8 Å². The first-order valence-electron chi connectivity index (χ1n) is 6.32. The van der Waals surface area contributed by atoms with Crippen molar-refractivity contribution < 1.29 is 10.0 Å². The van der Waals surface area contributed by atoms with Crippen LogP contribution in [0.4, 0.5) is 0 Å². The Hall–Kier alpha value is -0.910. The minimum atomic E-state index is -0.318. The number of oxime groups is 1. The Kier molecular flexibility index (Phi) is 5.31. The fourth-order valence-electron chi connectivity index (χ4n) is 2.23. The van der Waals surface area contributed by atoms with Gasteiger partial charge in [0.25, 0.3) is 0 Å². The largest absolute Gasteiger partial charge is 0.409 e. The van der Waals surface area contributed by atoms with Crippen LogP contribution in [0.2, 0.25) is 0 Å². The summed E-state index contributed by atoms with van der Waals surface area (Å²) in [7, 11) is 0. The van der Waals surface area contributed by atoms with Gasteiger partial charge in [-0.05, 0) is 25.5 Å². The van der Waals surface area contributed by atoms with E-state index >= 15 is 0 Å². The summed E-state index contributed by atoms with van der Waals surface area (Å²) in [6.07, 6.45) is 4.31. The third-order valence-corrected chi connectivity index (χ3v) is 5.28. The summed E-state index contributed by atoms with van der Waals surface area (Å²) in [4.78, 5) is 14.0. The molecular weight excluding hydrogens is 250 g/mol. The van der Waals surface area contributed by atoms with Gasteiger partial charge >= 0.3 is 0 Å². The maximum atomic E-state index is 12.1. The van der Waals surface area contributed by atoms with Crippen molar-refractivity contribution >= 4 is 23.5 Å². The maximum absolute atomic E-state index is 12.1. The molecule has 0 saturated carbocycles. The lowest BCUT2D eigenvalue weighted by molar-refractivity contribution is -0.136. The van der Waals surface area contributed by atoms with E-state index in [0.29, 0.717) is 13.1 Å². The molecule has 1 aliphatic rings. The molecule has 1 unspecified atom stereocenters. The molecule has 3 N–H and O–H groups in total. The minimum absolute atomic E-state index is 0.0793. The minimum Gasteiger partial charge on any atom is -0.409 e. The summed E-state index contributed by atoms with van der Waals surface area (Å²) in [6, 6.07) is 0. The normalized spacial score (nSPS) is 21.7. The summed E-state index contributed by atoms with van der Waals surface area (Å²) in [5.41, 5.74) is 5.78. The molecule has 0 aromatic carbocycles. The van der Waals surface area contributed by atoms with E-state index in [2.05, 4.69) is 5.16 Å². The summed E-state index contributed by atoms with van der Waals surface area (Å²) in [5.74, 6) is 0.563. The molecule has 0 aliphatic carbocycles. The molecule has 104 valence electrons. The summed E-state index contributed by atoms with van der Waals surface area (Å²) < 4.78 is -0.318. The predicted molar refractivity (Wildman–Crippen MR) is 74.9 cm³/mol. The Labute approximate surface area is 113 Å². The monoisotopic (exact) mass is 273 g/mol. The Morgan fingerprint density at radius 3 is 2.50 bits per heavy atom. The fourth-order valence-corrected chi connectivity index (χ4v) is 3.07. The lowest BCUT2D eigenvalue weighted by Crippen LogP contribution is -2.52. The number of piperidine rings is 1. The topological polar surface area (TPSA) is 78.9 Å². The van der Waals surface area contributed by atoms with E-state index in [1.165, 1.54) is 0 Å². The number of likely N-dealkylation sites (tertiary alicyclic amines) is 1. The van der Waals surface area contributed by atoms with E-state index in [9.17, 15) is 4.79 Å². The second-order valence-electron chi connectivity index (χ2n) is 4.82. The number of carbonyl (C=O) groups is 1. The van der Waals surface area contributed by atoms with Crippen LogP contribution in [0.5, 0.6) is 0 Å². The molecule has 1 rings (SSSR count). The lowest BCUT2D eigenvalue weighted by Gasteiger charge is -2.40. The standard InChI is InChI=1S/C12H23N3O2S/c1-4-9(2)10(16)15-7-5-12(18-3,6-8-15)11(13)14-17/h9,17H,4-8H2,1-3H3,(H2,13,14). The lowest BCUT2D eigenvalue weighted by atomic mass is 9.93. The van der Waals surface area contributed by atoms with Crippen LogP contribution in [-0.4, -0.2) is 45.9 Å². The average molecular weight is 273 g/mol. The summed E-state index contributed by atoms with van der Waals surface area (Å²) in [6.45, 7) is 5.35. The SMILES string of the molecule is CCC(C)C(=O)N1CCC(SC)(C(N)=NO)CC1. The van der Waals surface area contributed by atoms with E-state index in [0.717, 1.165) is 19.3 Å². The second-order valence-corrected chi connectivity index (χ2v) is 6.01. The van der Waals surface area contributed by atoms with E-state index in [-0.39, 0.29) is 22.4 Å². The van der Waals surface area contributed by atoms with Crippen LogP contribution in [0.15, 0.2) is 5.16 Å². The maximum Gasteiger partial charge on any atom is 0.225 e. The fraction of sp³-hybridized carbons (Fsp3) is 0.833. The van der Waals surface area contributed by atoms with Gasteiger partial charge in [0.15, 0.2) is 5.84 Å². The van der Waals surface area contributed by atoms with Gasteiger partial charge in [0.1, 0.15) is 0 Å². The Morgan fingerprint density at radius 1 is 1.56 bits per heavy atom.